The average Bonchev–Trinajstić information content (AvgIpc) is 2.49. The third-order valence-corrected chi connectivity index (χ3v) is 5.82. The Morgan fingerprint density at radius 3 is 2.52 bits per heavy atom. The minimum Gasteiger partial charge on any atom is -0.399 e. The van der Waals surface area contributed by atoms with E-state index in [4.69, 9.17) is 5.73 Å². The first kappa shape index (κ1) is 14.1. The van der Waals surface area contributed by atoms with E-state index in [-0.39, 0.29) is 0 Å². The van der Waals surface area contributed by atoms with E-state index in [0.717, 1.165) is 17.5 Å². The van der Waals surface area contributed by atoms with Gasteiger partial charge in [-0.25, -0.2) is 8.42 Å². The van der Waals surface area contributed by atoms with E-state index in [1.54, 1.807) is 22.5 Å². The highest BCUT2D eigenvalue weighted by molar-refractivity contribution is 7.89. The summed E-state index contributed by atoms with van der Waals surface area (Å²) in [6, 6.07) is 12.9. The second-order valence-corrected chi connectivity index (χ2v) is 7.31. The Kier molecular flexibility index (Phi) is 3.47. The third kappa shape index (κ3) is 2.54. The summed E-state index contributed by atoms with van der Waals surface area (Å²) in [5.74, 6) is 0. The van der Waals surface area contributed by atoms with Crippen molar-refractivity contribution in [3.63, 3.8) is 0 Å². The van der Waals surface area contributed by atoms with Crippen LogP contribution in [0, 0.1) is 6.92 Å². The van der Waals surface area contributed by atoms with Gasteiger partial charge in [-0.15, -0.1) is 0 Å². The summed E-state index contributed by atoms with van der Waals surface area (Å²) in [5, 5.41) is 0. The van der Waals surface area contributed by atoms with Crippen LogP contribution in [0.1, 0.15) is 16.7 Å². The second-order valence-electron chi connectivity index (χ2n) is 5.38. The van der Waals surface area contributed by atoms with Crippen LogP contribution in [0.25, 0.3) is 0 Å². The number of fused-ring (bicyclic) bond motifs is 1. The third-order valence-electron chi connectivity index (χ3n) is 3.97. The van der Waals surface area contributed by atoms with Crippen LogP contribution in [-0.4, -0.2) is 19.3 Å². The number of anilines is 1. The lowest BCUT2D eigenvalue weighted by molar-refractivity contribution is 0.391. The molecule has 0 saturated carbocycles. The number of nitrogens with two attached hydrogens (primary N) is 1. The van der Waals surface area contributed by atoms with Gasteiger partial charge in [0.1, 0.15) is 0 Å². The van der Waals surface area contributed by atoms with Crippen LogP contribution in [0.15, 0.2) is 47.4 Å². The zero-order valence-corrected chi connectivity index (χ0v) is 12.7. The molecule has 0 unspecified atom stereocenters. The van der Waals surface area contributed by atoms with E-state index in [9.17, 15) is 8.42 Å². The van der Waals surface area contributed by atoms with Crippen molar-refractivity contribution >= 4 is 15.7 Å². The van der Waals surface area contributed by atoms with Gasteiger partial charge < -0.3 is 5.73 Å². The molecule has 0 radical (unpaired) electrons. The van der Waals surface area contributed by atoms with Crippen LogP contribution in [0.5, 0.6) is 0 Å². The molecular weight excluding hydrogens is 284 g/mol. The van der Waals surface area contributed by atoms with E-state index in [1.165, 1.54) is 5.56 Å². The highest BCUT2D eigenvalue weighted by Gasteiger charge is 2.28. The smallest absolute Gasteiger partial charge is 0.243 e. The van der Waals surface area contributed by atoms with Crippen molar-refractivity contribution in [3.05, 3.63) is 59.2 Å². The van der Waals surface area contributed by atoms with Crippen molar-refractivity contribution in [2.24, 2.45) is 0 Å². The van der Waals surface area contributed by atoms with Crippen LogP contribution in [-0.2, 0) is 23.0 Å². The molecule has 2 N–H and O–H groups in total. The Hall–Kier alpha value is -1.85. The van der Waals surface area contributed by atoms with Crippen molar-refractivity contribution in [1.29, 1.82) is 0 Å². The van der Waals surface area contributed by atoms with Gasteiger partial charge in [0, 0.05) is 18.8 Å². The molecule has 1 aliphatic heterocycles. The van der Waals surface area contributed by atoms with E-state index < -0.39 is 10.0 Å². The number of benzene rings is 2. The minimum atomic E-state index is -3.47. The first-order valence-electron chi connectivity index (χ1n) is 6.91. The molecule has 3 rings (SSSR count). The van der Waals surface area contributed by atoms with Crippen LogP contribution in [0.4, 0.5) is 5.69 Å². The quantitative estimate of drug-likeness (QED) is 0.866. The molecule has 0 bridgehead atoms. The van der Waals surface area contributed by atoms with Crippen LogP contribution >= 0.6 is 0 Å². The molecule has 0 spiro atoms. The topological polar surface area (TPSA) is 63.4 Å². The zero-order valence-electron chi connectivity index (χ0n) is 11.9. The van der Waals surface area contributed by atoms with E-state index in [0.29, 0.717) is 23.7 Å². The zero-order chi connectivity index (χ0) is 15.0. The number of sulfonamides is 1. The predicted octanol–water partition coefficient (Wildman–Crippen LogP) is 2.32. The van der Waals surface area contributed by atoms with Gasteiger partial charge in [0.15, 0.2) is 0 Å². The van der Waals surface area contributed by atoms with Gasteiger partial charge in [-0.05, 0) is 48.2 Å². The van der Waals surface area contributed by atoms with Crippen molar-refractivity contribution in [3.8, 4) is 0 Å². The molecule has 2 aromatic carbocycles. The van der Waals surface area contributed by atoms with Gasteiger partial charge in [0.25, 0.3) is 0 Å². The molecule has 5 heteroatoms. The Balaban J connectivity index is 1.95. The minimum absolute atomic E-state index is 0.314. The molecule has 110 valence electrons. The van der Waals surface area contributed by atoms with Gasteiger partial charge in [-0.3, -0.25) is 0 Å². The summed E-state index contributed by atoms with van der Waals surface area (Å²) in [6.45, 7) is 2.77. The molecule has 1 aliphatic rings. The number of hydrogen-bond donors (Lipinski definition) is 1. The summed E-state index contributed by atoms with van der Waals surface area (Å²) in [7, 11) is -3.47. The fraction of sp³-hybridized carbons (Fsp3) is 0.250. The Morgan fingerprint density at radius 1 is 1.10 bits per heavy atom. The molecule has 2 aromatic rings. The maximum Gasteiger partial charge on any atom is 0.243 e. The number of nitrogen functional groups attached to an aromatic ring is 1. The Bertz CT molecular complexity index is 785. The number of nitrogens with zero attached hydrogens (tertiary/aromatic N) is 1. The molecule has 0 atom stereocenters. The SMILES string of the molecule is Cc1cc(S(=O)(=O)N2CCc3ccccc3C2)ccc1N. The Labute approximate surface area is 125 Å². The van der Waals surface area contributed by atoms with E-state index in [2.05, 4.69) is 6.07 Å². The molecule has 0 aliphatic carbocycles. The predicted molar refractivity (Wildman–Crippen MR) is 83.3 cm³/mol. The lowest BCUT2D eigenvalue weighted by Crippen LogP contribution is -2.35. The number of rotatable bonds is 2. The summed E-state index contributed by atoms with van der Waals surface area (Å²) in [4.78, 5) is 0.314. The molecular formula is C16H18N2O2S. The van der Waals surface area contributed by atoms with Crippen LogP contribution in [0.3, 0.4) is 0 Å². The first-order chi connectivity index (χ1) is 9.98. The molecule has 0 fully saturated rings. The summed E-state index contributed by atoms with van der Waals surface area (Å²) in [6.07, 6.45) is 0.753. The largest absolute Gasteiger partial charge is 0.399 e. The van der Waals surface area contributed by atoms with E-state index in [1.807, 2.05) is 25.1 Å². The monoisotopic (exact) mass is 302 g/mol. The maximum atomic E-state index is 12.7. The molecule has 0 aromatic heterocycles. The fourth-order valence-corrected chi connectivity index (χ4v) is 4.14. The van der Waals surface area contributed by atoms with Gasteiger partial charge in [-0.2, -0.15) is 4.31 Å². The van der Waals surface area contributed by atoms with Gasteiger partial charge in [-0.1, -0.05) is 24.3 Å². The fourth-order valence-electron chi connectivity index (χ4n) is 2.63. The number of aryl methyl sites for hydroxylation is 1. The van der Waals surface area contributed by atoms with Crippen molar-refractivity contribution in [2.75, 3.05) is 12.3 Å². The summed E-state index contributed by atoms with van der Waals surface area (Å²) in [5.41, 5.74) is 9.48. The van der Waals surface area contributed by atoms with Gasteiger partial charge in [0.05, 0.1) is 4.90 Å². The van der Waals surface area contributed by atoms with Crippen LogP contribution in [0.2, 0.25) is 0 Å². The van der Waals surface area contributed by atoms with Crippen molar-refractivity contribution in [1.82, 2.24) is 4.31 Å². The number of hydrogen-bond acceptors (Lipinski definition) is 3. The molecule has 1 heterocycles. The Morgan fingerprint density at radius 2 is 1.81 bits per heavy atom. The molecule has 0 amide bonds. The maximum absolute atomic E-state index is 12.7. The highest BCUT2D eigenvalue weighted by Crippen LogP contribution is 2.26. The molecule has 4 nitrogen and oxygen atoms in total. The standard InChI is InChI=1S/C16H18N2O2S/c1-12-10-15(6-7-16(12)17)21(19,20)18-9-8-13-4-2-3-5-14(13)11-18/h2-7,10H,8-9,11,17H2,1H3. The second kappa shape index (κ2) is 5.16. The average molecular weight is 302 g/mol. The molecule has 21 heavy (non-hydrogen) atoms. The lowest BCUT2D eigenvalue weighted by atomic mass is 10.0. The van der Waals surface area contributed by atoms with Gasteiger partial charge >= 0.3 is 0 Å². The summed E-state index contributed by atoms with van der Waals surface area (Å²) >= 11 is 0. The van der Waals surface area contributed by atoms with Crippen molar-refractivity contribution < 1.29 is 8.42 Å². The first-order valence-corrected chi connectivity index (χ1v) is 8.35. The molecule has 0 saturated heterocycles. The highest BCUT2D eigenvalue weighted by atomic mass is 32.2. The van der Waals surface area contributed by atoms with E-state index >= 15 is 0 Å². The lowest BCUT2D eigenvalue weighted by Gasteiger charge is -2.28. The van der Waals surface area contributed by atoms with Gasteiger partial charge in [0.2, 0.25) is 10.0 Å². The van der Waals surface area contributed by atoms with Crippen LogP contribution < -0.4 is 5.73 Å². The normalized spacial score (nSPS) is 15.7. The van der Waals surface area contributed by atoms with Crippen molar-refractivity contribution in [2.45, 2.75) is 24.8 Å². The summed E-state index contributed by atoms with van der Waals surface area (Å²) < 4.78 is 27.0.